The van der Waals surface area contributed by atoms with Crippen molar-refractivity contribution in [1.29, 1.82) is 0 Å². The Balaban J connectivity index is 1.58. The molecule has 0 bridgehead atoms. The van der Waals surface area contributed by atoms with Crippen LogP contribution >= 0.6 is 0 Å². The van der Waals surface area contributed by atoms with Gasteiger partial charge in [-0.15, -0.1) is 8.78 Å². The van der Waals surface area contributed by atoms with E-state index in [-0.39, 0.29) is 16.4 Å². The van der Waals surface area contributed by atoms with E-state index in [1.54, 1.807) is 62.8 Å². The maximum Gasteiger partial charge on any atom is 0.586 e. The Bertz CT molecular complexity index is 2120. The van der Waals surface area contributed by atoms with E-state index in [9.17, 15) is 22.0 Å². The lowest BCUT2D eigenvalue weighted by Gasteiger charge is -2.16. The van der Waals surface area contributed by atoms with Crippen molar-refractivity contribution in [2.24, 2.45) is 12.8 Å². The summed E-state index contributed by atoms with van der Waals surface area (Å²) in [5.41, 5.74) is 8.94. The maximum atomic E-state index is 13.8. The minimum absolute atomic E-state index is 0.113. The van der Waals surface area contributed by atoms with Gasteiger partial charge in [-0.25, -0.2) is 13.4 Å². The molecule has 3 heterocycles. The van der Waals surface area contributed by atoms with Crippen LogP contribution in [-0.2, 0) is 27.1 Å². The van der Waals surface area contributed by atoms with Gasteiger partial charge in [0.1, 0.15) is 5.69 Å². The van der Waals surface area contributed by atoms with Crippen LogP contribution in [0.2, 0.25) is 0 Å². The molecule has 1 aliphatic rings. The van der Waals surface area contributed by atoms with Crippen LogP contribution < -0.4 is 15.2 Å². The highest BCUT2D eigenvalue weighted by Gasteiger charge is 2.43. The highest BCUT2D eigenvalue weighted by molar-refractivity contribution is 7.90. The van der Waals surface area contributed by atoms with Crippen LogP contribution in [-0.4, -0.2) is 41.6 Å². The number of aryl methyl sites for hydroxylation is 2. The van der Waals surface area contributed by atoms with Crippen molar-refractivity contribution in [3.63, 3.8) is 0 Å². The molecule has 0 saturated carbocycles. The summed E-state index contributed by atoms with van der Waals surface area (Å²) in [4.78, 5) is 17.0. The number of alkyl halides is 2. The van der Waals surface area contributed by atoms with Gasteiger partial charge >= 0.3 is 6.29 Å². The van der Waals surface area contributed by atoms with Crippen LogP contribution in [0.5, 0.6) is 11.5 Å². The number of fused-ring (bicyclic) bond motifs is 1. The average Bonchev–Trinajstić information content (AvgIpc) is 3.64. The predicted octanol–water partition coefficient (Wildman–Crippen LogP) is 5.87. The van der Waals surface area contributed by atoms with Gasteiger partial charge in [-0.2, -0.15) is 5.10 Å². The third-order valence-corrected chi connectivity index (χ3v) is 8.79. The lowest BCUT2D eigenvalue weighted by molar-refractivity contribution is -0.286. The molecule has 3 aromatic carbocycles. The number of hydrogen-bond donors (Lipinski definition) is 1. The van der Waals surface area contributed by atoms with E-state index in [4.69, 9.17) is 10.2 Å². The van der Waals surface area contributed by atoms with Crippen LogP contribution in [0.4, 0.5) is 8.78 Å². The van der Waals surface area contributed by atoms with Gasteiger partial charge in [-0.05, 0) is 67.4 Å². The van der Waals surface area contributed by atoms with Crippen molar-refractivity contribution in [3.8, 4) is 56.5 Å². The Morgan fingerprint density at radius 1 is 0.933 bits per heavy atom. The summed E-state index contributed by atoms with van der Waals surface area (Å²) in [5, 5.41) is 4.57. The highest BCUT2D eigenvalue weighted by Crippen LogP contribution is 2.46. The number of halogens is 2. The zero-order valence-electron chi connectivity index (χ0n) is 24.9. The largest absolute Gasteiger partial charge is 0.586 e. The molecule has 0 unspecified atom stereocenters. The fourth-order valence-corrected chi connectivity index (χ4v) is 5.76. The second-order valence-electron chi connectivity index (χ2n) is 11.3. The molecule has 0 atom stereocenters. The number of hydrogen-bond acceptors (Lipinski definition) is 8. The van der Waals surface area contributed by atoms with Crippen molar-refractivity contribution in [3.05, 3.63) is 78.3 Å². The Morgan fingerprint density at radius 2 is 1.62 bits per heavy atom. The molecule has 0 fully saturated rings. The van der Waals surface area contributed by atoms with Crippen LogP contribution in [0.1, 0.15) is 25.4 Å². The third kappa shape index (κ3) is 5.43. The standard InChI is InChI=1S/C32H28F2N4O6S/c1-17-36-28(20-10-12-25-26(15-20)44-32(33,34)43-25)29(42-17)23-14-19(18-7-6-8-21(13-18)45(5,40)41)9-11-22(23)24-16-27(37-38(24)4)31(2,3)30(35)39/h6-16H,1-5H3,(H2,35,39). The molecule has 0 radical (unpaired) electrons. The van der Waals surface area contributed by atoms with Crippen molar-refractivity contribution >= 4 is 15.7 Å². The summed E-state index contributed by atoms with van der Waals surface area (Å²) in [6.45, 7) is 5.02. The molecule has 6 rings (SSSR count). The highest BCUT2D eigenvalue weighted by atomic mass is 32.2. The first kappa shape index (κ1) is 30.0. The van der Waals surface area contributed by atoms with E-state index in [0.29, 0.717) is 56.6 Å². The van der Waals surface area contributed by atoms with E-state index >= 15 is 0 Å². The number of primary amides is 1. The summed E-state index contributed by atoms with van der Waals surface area (Å²) in [5.74, 6) is -0.195. The lowest BCUT2D eigenvalue weighted by atomic mass is 9.87. The number of aromatic nitrogens is 3. The molecule has 1 amide bonds. The topological polar surface area (TPSA) is 140 Å². The first-order valence-electron chi connectivity index (χ1n) is 13.7. The number of amides is 1. The second-order valence-corrected chi connectivity index (χ2v) is 13.3. The monoisotopic (exact) mass is 634 g/mol. The summed E-state index contributed by atoms with van der Waals surface area (Å²) < 4.78 is 69.2. The molecule has 232 valence electrons. The fourth-order valence-electron chi connectivity index (χ4n) is 5.09. The smallest absolute Gasteiger partial charge is 0.440 e. The Kier molecular flexibility index (Phi) is 6.84. The average molecular weight is 635 g/mol. The number of nitrogens with two attached hydrogens (primary N) is 1. The third-order valence-electron chi connectivity index (χ3n) is 7.68. The number of benzene rings is 3. The van der Waals surface area contributed by atoms with Gasteiger partial charge < -0.3 is 19.6 Å². The molecule has 5 aromatic rings. The van der Waals surface area contributed by atoms with Gasteiger partial charge in [-0.1, -0.05) is 24.3 Å². The second kappa shape index (κ2) is 10.3. The molecule has 0 aliphatic carbocycles. The molecule has 45 heavy (non-hydrogen) atoms. The molecular formula is C32H28F2N4O6S. The minimum atomic E-state index is -3.79. The molecule has 0 saturated heterocycles. The zero-order chi connectivity index (χ0) is 32.5. The number of ether oxygens (including phenoxy) is 2. The molecule has 1 aliphatic heterocycles. The summed E-state index contributed by atoms with van der Waals surface area (Å²) in [7, 11) is -1.75. The predicted molar refractivity (Wildman–Crippen MR) is 161 cm³/mol. The first-order valence-corrected chi connectivity index (χ1v) is 15.6. The van der Waals surface area contributed by atoms with Crippen molar-refractivity contribution < 1.29 is 35.9 Å². The van der Waals surface area contributed by atoms with Crippen molar-refractivity contribution in [1.82, 2.24) is 14.8 Å². The molecule has 2 aromatic heterocycles. The zero-order valence-corrected chi connectivity index (χ0v) is 25.7. The fraction of sp³-hybridized carbons (Fsp3) is 0.219. The number of carbonyl (C=O) groups excluding carboxylic acids is 1. The van der Waals surface area contributed by atoms with E-state index in [2.05, 4.69) is 19.6 Å². The lowest BCUT2D eigenvalue weighted by Crippen LogP contribution is -2.35. The Morgan fingerprint density at radius 3 is 2.33 bits per heavy atom. The first-order chi connectivity index (χ1) is 21.0. The van der Waals surface area contributed by atoms with Gasteiger partial charge in [0.15, 0.2) is 33.0 Å². The molecule has 2 N–H and O–H groups in total. The van der Waals surface area contributed by atoms with E-state index in [1.807, 2.05) is 18.2 Å². The van der Waals surface area contributed by atoms with Gasteiger partial charge in [0.05, 0.1) is 21.7 Å². The number of nitrogens with zero attached hydrogens (tertiary/aromatic N) is 3. The quantitative estimate of drug-likeness (QED) is 0.234. The van der Waals surface area contributed by atoms with E-state index in [1.165, 1.54) is 18.2 Å². The summed E-state index contributed by atoms with van der Waals surface area (Å²) >= 11 is 0. The van der Waals surface area contributed by atoms with Crippen LogP contribution in [0.3, 0.4) is 0 Å². The van der Waals surface area contributed by atoms with Crippen molar-refractivity contribution in [2.45, 2.75) is 37.4 Å². The minimum Gasteiger partial charge on any atom is -0.440 e. The molecule has 10 nitrogen and oxygen atoms in total. The van der Waals surface area contributed by atoms with Crippen molar-refractivity contribution in [2.75, 3.05) is 6.26 Å². The normalized spacial score (nSPS) is 14.1. The Labute approximate surface area is 257 Å². The van der Waals surface area contributed by atoms with Gasteiger partial charge in [0, 0.05) is 36.9 Å². The van der Waals surface area contributed by atoms with Gasteiger partial charge in [0.2, 0.25) is 5.91 Å². The van der Waals surface area contributed by atoms with E-state index in [0.717, 1.165) is 6.26 Å². The number of sulfone groups is 1. The molecular weight excluding hydrogens is 606 g/mol. The maximum absolute atomic E-state index is 13.8. The van der Waals surface area contributed by atoms with Crippen LogP contribution in [0, 0.1) is 6.92 Å². The summed E-state index contributed by atoms with van der Waals surface area (Å²) in [6.07, 6.45) is -2.65. The number of rotatable bonds is 7. The molecule has 0 spiro atoms. The SMILES string of the molecule is Cc1nc(-c2ccc3c(c2)OC(F)(F)O3)c(-c2cc(-c3cccc(S(C)(=O)=O)c3)ccc2-c2cc(C(C)(C)C(N)=O)nn2C)o1. The number of oxazole rings is 1. The molecule has 13 heteroatoms. The van der Waals surface area contributed by atoms with E-state index < -0.39 is 27.5 Å². The number of carbonyl (C=O) groups is 1. The van der Waals surface area contributed by atoms with Crippen LogP contribution in [0.25, 0.3) is 45.0 Å². The Hall–Kier alpha value is -5.04. The van der Waals surface area contributed by atoms with Gasteiger partial charge in [-0.3, -0.25) is 9.48 Å². The van der Waals surface area contributed by atoms with Crippen LogP contribution in [0.15, 0.2) is 76.0 Å². The van der Waals surface area contributed by atoms with Gasteiger partial charge in [0.25, 0.3) is 0 Å². The summed E-state index contributed by atoms with van der Waals surface area (Å²) in [6, 6.07) is 18.1.